The van der Waals surface area contributed by atoms with Gasteiger partial charge in [-0.3, -0.25) is 0 Å². The third kappa shape index (κ3) is 7.38. The number of likely N-dealkylation sites (tertiary alicyclic amines) is 1. The summed E-state index contributed by atoms with van der Waals surface area (Å²) in [7, 11) is 2.05. The number of fused-ring (bicyclic) bond motifs is 1. The molecule has 0 spiro atoms. The van der Waals surface area contributed by atoms with Crippen LogP contribution in [0.1, 0.15) is 41.6 Å². The van der Waals surface area contributed by atoms with Gasteiger partial charge in [0.1, 0.15) is 19.0 Å². The Kier molecular flexibility index (Phi) is 9.68. The average Bonchev–Trinajstić information content (AvgIpc) is 3.50. The SMILES string of the molecule is CN1CCC[C@H]1COc1nc2c(c(N3CCN(C(=O)OCc4ccccc4)[C@@H](CC#N)C3)n1)CCN(c1ccccc1C(F)(F)F)C2. The molecule has 0 saturated carbocycles. The number of hydrogen-bond donors (Lipinski definition) is 0. The first-order chi connectivity index (χ1) is 22.7. The molecule has 2 fully saturated rings. The Morgan fingerprint density at radius 3 is 2.53 bits per heavy atom. The van der Waals surface area contributed by atoms with Crippen LogP contribution in [0.4, 0.5) is 29.5 Å². The maximum Gasteiger partial charge on any atom is 0.418 e. The van der Waals surface area contributed by atoms with E-state index in [2.05, 4.69) is 18.0 Å². The van der Waals surface area contributed by atoms with Gasteiger partial charge < -0.3 is 29.1 Å². The summed E-state index contributed by atoms with van der Waals surface area (Å²) in [5, 5.41) is 9.65. The highest BCUT2D eigenvalue weighted by molar-refractivity contribution is 5.69. The smallest absolute Gasteiger partial charge is 0.418 e. The molecule has 2 atom stereocenters. The van der Waals surface area contributed by atoms with E-state index in [0.717, 1.165) is 36.6 Å². The fourth-order valence-corrected chi connectivity index (χ4v) is 6.64. The van der Waals surface area contributed by atoms with Crippen molar-refractivity contribution in [3.63, 3.8) is 0 Å². The van der Waals surface area contributed by atoms with Gasteiger partial charge in [0, 0.05) is 43.5 Å². The number of anilines is 2. The van der Waals surface area contributed by atoms with Crippen LogP contribution in [-0.4, -0.2) is 84.3 Å². The molecule has 47 heavy (non-hydrogen) atoms. The van der Waals surface area contributed by atoms with Gasteiger partial charge in [-0.25, -0.2) is 4.79 Å². The van der Waals surface area contributed by atoms with Crippen molar-refractivity contribution in [2.75, 3.05) is 56.2 Å². The molecule has 3 aliphatic rings. The zero-order valence-electron chi connectivity index (χ0n) is 26.3. The van der Waals surface area contributed by atoms with E-state index in [1.54, 1.807) is 15.9 Å². The summed E-state index contributed by atoms with van der Waals surface area (Å²) in [4.78, 5) is 30.3. The fourth-order valence-electron chi connectivity index (χ4n) is 6.64. The maximum absolute atomic E-state index is 13.9. The van der Waals surface area contributed by atoms with E-state index >= 15 is 0 Å². The second-order valence-corrected chi connectivity index (χ2v) is 12.2. The van der Waals surface area contributed by atoms with Crippen LogP contribution in [0.25, 0.3) is 0 Å². The highest BCUT2D eigenvalue weighted by Crippen LogP contribution is 2.39. The molecule has 0 radical (unpaired) electrons. The van der Waals surface area contributed by atoms with Crippen LogP contribution >= 0.6 is 0 Å². The Hall–Kier alpha value is -4.57. The van der Waals surface area contributed by atoms with E-state index in [1.165, 1.54) is 12.1 Å². The molecule has 2 saturated heterocycles. The summed E-state index contributed by atoms with van der Waals surface area (Å²) >= 11 is 0. The van der Waals surface area contributed by atoms with Crippen molar-refractivity contribution in [3.8, 4) is 12.1 Å². The van der Waals surface area contributed by atoms with E-state index in [-0.39, 0.29) is 37.3 Å². The zero-order valence-corrected chi connectivity index (χ0v) is 26.3. The van der Waals surface area contributed by atoms with Gasteiger partial charge in [-0.1, -0.05) is 42.5 Å². The van der Waals surface area contributed by atoms with Crippen LogP contribution in [0.2, 0.25) is 0 Å². The molecular formula is C34H38F3N7O3. The number of ether oxygens (including phenoxy) is 2. The number of benzene rings is 2. The normalized spacial score (nSPS) is 20.1. The second kappa shape index (κ2) is 14.0. The van der Waals surface area contributed by atoms with Crippen LogP contribution in [0.15, 0.2) is 54.6 Å². The van der Waals surface area contributed by atoms with Crippen molar-refractivity contribution in [2.45, 2.75) is 57.1 Å². The average molecular weight is 650 g/mol. The molecule has 248 valence electrons. The number of rotatable bonds is 8. The number of carbonyl (C=O) groups is 1. The Morgan fingerprint density at radius 1 is 1.00 bits per heavy atom. The van der Waals surface area contributed by atoms with E-state index in [0.29, 0.717) is 50.7 Å². The van der Waals surface area contributed by atoms with Crippen LogP contribution in [0.3, 0.4) is 0 Å². The number of halogens is 3. The molecule has 6 rings (SSSR count). The number of para-hydroxylation sites is 1. The maximum atomic E-state index is 13.9. The van der Waals surface area contributed by atoms with Crippen LogP contribution in [-0.2, 0) is 30.5 Å². The lowest BCUT2D eigenvalue weighted by atomic mass is 10.0. The number of likely N-dealkylation sites (N-methyl/N-ethyl adjacent to an activating group) is 1. The molecule has 0 aliphatic carbocycles. The van der Waals surface area contributed by atoms with Crippen molar-refractivity contribution in [1.82, 2.24) is 19.8 Å². The third-order valence-corrected chi connectivity index (χ3v) is 9.20. The van der Waals surface area contributed by atoms with E-state index in [1.807, 2.05) is 35.2 Å². The van der Waals surface area contributed by atoms with Crippen LogP contribution in [0, 0.1) is 11.3 Å². The number of hydrogen-bond acceptors (Lipinski definition) is 9. The first-order valence-corrected chi connectivity index (χ1v) is 15.9. The van der Waals surface area contributed by atoms with Crippen LogP contribution < -0.4 is 14.5 Å². The predicted octanol–water partition coefficient (Wildman–Crippen LogP) is 5.27. The first-order valence-electron chi connectivity index (χ1n) is 15.9. The number of aromatic nitrogens is 2. The Morgan fingerprint density at radius 2 is 1.79 bits per heavy atom. The first kappa shape index (κ1) is 32.4. The lowest BCUT2D eigenvalue weighted by Crippen LogP contribution is -2.55. The van der Waals surface area contributed by atoms with Gasteiger partial charge in [-0.15, -0.1) is 0 Å². The summed E-state index contributed by atoms with van der Waals surface area (Å²) in [6.45, 7) is 3.09. The van der Waals surface area contributed by atoms with Gasteiger partial charge in [0.2, 0.25) is 0 Å². The van der Waals surface area contributed by atoms with Gasteiger partial charge in [0.05, 0.1) is 36.3 Å². The highest BCUT2D eigenvalue weighted by atomic mass is 19.4. The lowest BCUT2D eigenvalue weighted by molar-refractivity contribution is -0.137. The number of carbonyl (C=O) groups excluding carboxylic acids is 1. The molecular weight excluding hydrogens is 611 g/mol. The van der Waals surface area contributed by atoms with Gasteiger partial charge in [-0.2, -0.15) is 28.4 Å². The predicted molar refractivity (Wildman–Crippen MR) is 169 cm³/mol. The second-order valence-electron chi connectivity index (χ2n) is 12.2. The summed E-state index contributed by atoms with van der Waals surface area (Å²) in [5.74, 6) is 0.633. The molecule has 4 heterocycles. The lowest BCUT2D eigenvalue weighted by Gasteiger charge is -2.42. The fraction of sp³-hybridized carbons (Fsp3) is 0.471. The monoisotopic (exact) mass is 649 g/mol. The highest BCUT2D eigenvalue weighted by Gasteiger charge is 2.37. The van der Waals surface area contributed by atoms with Crippen molar-refractivity contribution in [3.05, 3.63) is 77.0 Å². The number of alkyl halides is 3. The Bertz CT molecular complexity index is 1600. The van der Waals surface area contributed by atoms with Crippen molar-refractivity contribution in [1.29, 1.82) is 5.26 Å². The number of amides is 1. The van der Waals surface area contributed by atoms with E-state index < -0.39 is 23.9 Å². The summed E-state index contributed by atoms with van der Waals surface area (Å²) in [5.41, 5.74) is 1.74. The van der Waals surface area contributed by atoms with Crippen molar-refractivity contribution < 1.29 is 27.4 Å². The zero-order chi connectivity index (χ0) is 33.0. The third-order valence-electron chi connectivity index (χ3n) is 9.20. The number of piperazine rings is 1. The molecule has 2 aromatic carbocycles. The molecule has 10 nitrogen and oxygen atoms in total. The van der Waals surface area contributed by atoms with E-state index in [9.17, 15) is 23.2 Å². The molecule has 1 amide bonds. The van der Waals surface area contributed by atoms with Gasteiger partial charge in [-0.05, 0) is 50.6 Å². The Labute approximate surface area is 272 Å². The molecule has 3 aromatic rings. The summed E-state index contributed by atoms with van der Waals surface area (Å²) in [6.07, 6.45) is -2.38. The van der Waals surface area contributed by atoms with Gasteiger partial charge >= 0.3 is 18.3 Å². The molecule has 0 N–H and O–H groups in total. The topological polar surface area (TPSA) is 98.1 Å². The van der Waals surface area contributed by atoms with E-state index in [4.69, 9.17) is 19.4 Å². The summed E-state index contributed by atoms with van der Waals surface area (Å²) < 4.78 is 53.5. The largest absolute Gasteiger partial charge is 0.462 e. The molecule has 0 unspecified atom stereocenters. The molecule has 3 aliphatic heterocycles. The van der Waals surface area contributed by atoms with Gasteiger partial charge in [0.15, 0.2) is 0 Å². The molecule has 1 aromatic heterocycles. The minimum absolute atomic E-state index is 0.101. The minimum atomic E-state index is -4.49. The van der Waals surface area contributed by atoms with Crippen molar-refractivity contribution in [2.24, 2.45) is 0 Å². The number of nitrogens with zero attached hydrogens (tertiary/aromatic N) is 7. The summed E-state index contributed by atoms with van der Waals surface area (Å²) in [6, 6.07) is 17.1. The van der Waals surface area contributed by atoms with Gasteiger partial charge in [0.25, 0.3) is 0 Å². The van der Waals surface area contributed by atoms with Crippen molar-refractivity contribution >= 4 is 17.6 Å². The standard InChI is InChI=1S/C34H38F3N7O3/c1-41-16-7-10-26(41)23-46-32-39-29-21-42(30-12-6-5-11-28(30)34(35,36)37)17-14-27(29)31(40-32)43-18-19-44(25(20-43)13-15-38)33(45)47-22-24-8-3-2-4-9-24/h2-6,8-9,11-12,25-26H,7,10,13-14,16-23H2,1H3/t25-,26-/m0/s1. The molecule has 0 bridgehead atoms. The van der Waals surface area contributed by atoms with Crippen LogP contribution in [0.5, 0.6) is 6.01 Å². The Balaban J connectivity index is 1.26. The quantitative estimate of drug-likeness (QED) is 0.323. The number of nitriles is 1. The molecule has 13 heteroatoms. The minimum Gasteiger partial charge on any atom is -0.462 e.